The second-order valence-electron chi connectivity index (χ2n) is 17.1. The maximum atomic E-state index is 13.7. The number of urea groups is 1. The fourth-order valence-electron chi connectivity index (χ4n) is 8.07. The van der Waals surface area contributed by atoms with Crippen LogP contribution in [0.5, 0.6) is 11.5 Å². The summed E-state index contributed by atoms with van der Waals surface area (Å²) in [6.45, 7) is 3.31. The molecular weight excluding hydrogens is 1180 g/mol. The Kier molecular flexibility index (Phi) is 18.1. The first-order valence-corrected chi connectivity index (χ1v) is 28.6. The molecule has 0 aromatic heterocycles. The third kappa shape index (κ3) is 14.2. The summed E-state index contributed by atoms with van der Waals surface area (Å²) in [6, 6.07) is 30.2. The van der Waals surface area contributed by atoms with E-state index in [2.05, 4.69) is 41.3 Å². The van der Waals surface area contributed by atoms with E-state index in [4.69, 9.17) is 13.6 Å². The van der Waals surface area contributed by atoms with Gasteiger partial charge in [0.15, 0.2) is 11.5 Å². The minimum absolute atomic E-state index is 0.00188. The predicted molar refractivity (Wildman–Crippen MR) is 301 cm³/mol. The number of anilines is 6. The number of rotatable bonds is 19. The van der Waals surface area contributed by atoms with E-state index in [0.717, 1.165) is 12.1 Å². The molecule has 8 aromatic carbocycles. The molecule has 0 saturated carbocycles. The molecule has 11 N–H and O–H groups in total. The quantitative estimate of drug-likeness (QED) is 0.0118. The van der Waals surface area contributed by atoms with Crippen LogP contribution in [0, 0.1) is 13.8 Å². The second kappa shape index (κ2) is 25.0. The number of hydrogen-bond acceptors (Lipinski definition) is 17. The minimum atomic E-state index is -5.32. The van der Waals surface area contributed by atoms with Crippen LogP contribution in [-0.2, 0) is 52.3 Å². The molecule has 0 aliphatic rings. The highest BCUT2D eigenvalue weighted by Crippen LogP contribution is 2.41. The van der Waals surface area contributed by atoms with Crippen LogP contribution in [-0.4, -0.2) is 78.4 Å². The van der Waals surface area contributed by atoms with Crippen molar-refractivity contribution in [3.05, 3.63) is 173 Å². The molecule has 2 unspecified atom stereocenters. The Morgan fingerprint density at radius 3 is 1.40 bits per heavy atom. The van der Waals surface area contributed by atoms with Crippen molar-refractivity contribution < 1.29 is 90.4 Å². The summed E-state index contributed by atoms with van der Waals surface area (Å²) < 4.78 is 125. The molecule has 0 aliphatic heterocycles. The fraction of sp³-hybridized carbons (Fsp3) is 0.0392. The molecular formula is C51H40N6O20S5. The summed E-state index contributed by atoms with van der Waals surface area (Å²) in [4.78, 5) is 66.1. The monoisotopic (exact) mass is 1220 g/mol. The van der Waals surface area contributed by atoms with Gasteiger partial charge in [-0.2, -0.15) is 25.3 Å². The standard InChI is InChI=1S/C51H40N6O20S5/c1-26-12-14-30(49(60)54-37-16-18-41(74-79(64)65)35-10-5-11-43(45(35)37)78-77-76-63)22-39(26)56-47(58)28-6-3-8-32(20-28)52-51(62)53-33-9-4-7-29(21-33)48(59)57-40-23-31(15-13-27(40)2)50(61)55-38-17-19-42(75-80(66)67)36-24-34(81(68,69)70)25-44(46(36)38)82(71,72)73/h3-25,63H,1-2H3,(H,54,60)(H,55,61)(H,56,58)(H,57,59)(H,64,65)(H,66,67)(H2,52,53,62)(H,68,69,70)(H,71,72,73). The van der Waals surface area contributed by atoms with E-state index < -0.39 is 98.9 Å². The summed E-state index contributed by atoms with van der Waals surface area (Å²) in [5.74, 6) is -3.41. The van der Waals surface area contributed by atoms with Gasteiger partial charge in [0.1, 0.15) is 4.90 Å². The number of carbonyl (C=O) groups excluding carboxylic acids is 5. The highest BCUT2D eigenvalue weighted by Gasteiger charge is 2.27. The Morgan fingerprint density at radius 1 is 0.488 bits per heavy atom. The Balaban J connectivity index is 0.922. The van der Waals surface area contributed by atoms with E-state index in [1.165, 1.54) is 91.0 Å². The van der Waals surface area contributed by atoms with Gasteiger partial charge in [0.05, 0.1) is 28.3 Å². The van der Waals surface area contributed by atoms with Crippen molar-refractivity contribution in [3.8, 4) is 11.5 Å². The number of benzene rings is 8. The third-order valence-corrected chi connectivity index (χ3v) is 14.8. The average molecular weight is 1220 g/mol. The molecule has 0 radical (unpaired) electrons. The minimum Gasteiger partial charge on any atom is -0.379 e. The number of hydrogen-bond donors (Lipinski definition) is 11. The van der Waals surface area contributed by atoms with Gasteiger partial charge in [0, 0.05) is 71.4 Å². The van der Waals surface area contributed by atoms with E-state index in [9.17, 15) is 67.4 Å². The zero-order valence-corrected chi connectivity index (χ0v) is 45.8. The maximum absolute atomic E-state index is 13.7. The molecule has 26 nitrogen and oxygen atoms in total. The largest absolute Gasteiger partial charge is 0.379 e. The number of aryl methyl sites for hydroxylation is 2. The topological polar surface area (TPSA) is 398 Å². The first-order chi connectivity index (χ1) is 38.9. The van der Waals surface area contributed by atoms with Gasteiger partial charge >= 0.3 is 28.8 Å². The first-order valence-electron chi connectivity index (χ1n) is 23.0. The lowest BCUT2D eigenvalue weighted by atomic mass is 10.1. The van der Waals surface area contributed by atoms with Crippen molar-refractivity contribution in [2.45, 2.75) is 28.5 Å². The lowest BCUT2D eigenvalue weighted by Gasteiger charge is -2.16. The first kappa shape index (κ1) is 59.4. The number of fused-ring (bicyclic) bond motifs is 2. The van der Waals surface area contributed by atoms with E-state index in [1.807, 2.05) is 0 Å². The number of carbonyl (C=O) groups is 5. The summed E-state index contributed by atoms with van der Waals surface area (Å²) in [5.41, 5.74) is 1.81. The van der Waals surface area contributed by atoms with Gasteiger partial charge in [-0.25, -0.2) is 10.1 Å². The third-order valence-electron chi connectivity index (χ3n) is 11.8. The average Bonchev–Trinajstić information content (AvgIpc) is 3.62. The predicted octanol–water partition coefficient (Wildman–Crippen LogP) is 9.22. The zero-order chi connectivity index (χ0) is 59.2. The van der Waals surface area contributed by atoms with Crippen LogP contribution in [0.2, 0.25) is 0 Å². The summed E-state index contributed by atoms with van der Waals surface area (Å²) >= 11 is -5.13. The molecule has 31 heteroatoms. The summed E-state index contributed by atoms with van der Waals surface area (Å²) in [6.07, 6.45) is 0. The normalized spacial score (nSPS) is 12.2. The molecule has 0 spiro atoms. The molecule has 0 heterocycles. The van der Waals surface area contributed by atoms with Crippen molar-refractivity contribution in [2.24, 2.45) is 0 Å². The summed E-state index contributed by atoms with van der Waals surface area (Å²) in [5, 5.41) is 27.9. The smallest absolute Gasteiger partial charge is 0.357 e. The van der Waals surface area contributed by atoms with Crippen molar-refractivity contribution in [1.29, 1.82) is 0 Å². The van der Waals surface area contributed by atoms with Gasteiger partial charge in [-0.15, -0.1) is 4.33 Å². The maximum Gasteiger partial charge on any atom is 0.357 e. The van der Waals surface area contributed by atoms with Gasteiger partial charge in [0.2, 0.25) is 0 Å². The van der Waals surface area contributed by atoms with Gasteiger partial charge in [-0.3, -0.25) is 37.4 Å². The van der Waals surface area contributed by atoms with Crippen LogP contribution in [0.4, 0.5) is 38.9 Å². The van der Waals surface area contributed by atoms with Crippen LogP contribution >= 0.6 is 12.0 Å². The highest BCUT2D eigenvalue weighted by molar-refractivity contribution is 7.94. The molecule has 0 bridgehead atoms. The molecule has 82 heavy (non-hydrogen) atoms. The van der Waals surface area contributed by atoms with Crippen molar-refractivity contribution in [1.82, 2.24) is 0 Å². The zero-order valence-electron chi connectivity index (χ0n) is 41.7. The molecule has 8 aromatic rings. The lowest BCUT2D eigenvalue weighted by Crippen LogP contribution is -2.21. The number of amides is 6. The molecule has 2 atom stereocenters. The highest BCUT2D eigenvalue weighted by atomic mass is 32.2. The van der Waals surface area contributed by atoms with E-state index >= 15 is 0 Å². The van der Waals surface area contributed by atoms with Crippen molar-refractivity contribution in [3.63, 3.8) is 0 Å². The van der Waals surface area contributed by atoms with Crippen LogP contribution in [0.15, 0.2) is 154 Å². The van der Waals surface area contributed by atoms with Crippen LogP contribution < -0.4 is 40.3 Å². The van der Waals surface area contributed by atoms with Crippen LogP contribution in [0.3, 0.4) is 0 Å². The molecule has 0 aliphatic carbocycles. The second-order valence-corrected chi connectivity index (χ2v) is 21.9. The summed E-state index contributed by atoms with van der Waals surface area (Å²) in [7, 11) is -10.5. The van der Waals surface area contributed by atoms with Gasteiger partial charge in [-0.05, 0) is 128 Å². The fourth-order valence-corrected chi connectivity index (χ4v) is 10.6. The van der Waals surface area contributed by atoms with E-state index in [-0.39, 0.29) is 62.1 Å². The molecule has 8 rings (SSSR count). The Labute approximate surface area is 473 Å². The van der Waals surface area contributed by atoms with Crippen molar-refractivity contribution >= 4 is 140 Å². The molecule has 6 amide bonds. The van der Waals surface area contributed by atoms with Crippen LogP contribution in [0.1, 0.15) is 52.6 Å². The molecule has 0 saturated heterocycles. The number of nitrogens with one attached hydrogen (secondary N) is 6. The Hall–Kier alpha value is -8.70. The molecule has 0 fully saturated rings. The Bertz CT molecular complexity index is 4220. The molecule has 424 valence electrons. The van der Waals surface area contributed by atoms with Crippen LogP contribution in [0.25, 0.3) is 21.5 Å². The Morgan fingerprint density at radius 2 is 0.939 bits per heavy atom. The SMILES string of the molecule is Cc1ccc(C(=O)Nc2ccc(OS(=O)O)c3cccc(SOOO)c23)cc1NC(=O)c1cccc(NC(=O)Nc2cccc(C(=O)Nc3cc(C(=O)Nc4ccc(OS(=O)O)c5cc(S(=O)(=O)O)cc(S(=O)(=O)O)c45)ccc3C)c2)c1. The van der Waals surface area contributed by atoms with Gasteiger partial charge < -0.3 is 40.3 Å². The van der Waals surface area contributed by atoms with Crippen molar-refractivity contribution in [2.75, 3.05) is 31.9 Å². The van der Waals surface area contributed by atoms with E-state index in [1.54, 1.807) is 38.1 Å². The van der Waals surface area contributed by atoms with Gasteiger partial charge in [0.25, 0.3) is 43.9 Å². The van der Waals surface area contributed by atoms with E-state index in [0.29, 0.717) is 51.0 Å². The lowest BCUT2D eigenvalue weighted by molar-refractivity contribution is -0.432. The van der Waals surface area contributed by atoms with Gasteiger partial charge in [-0.1, -0.05) is 41.4 Å².